The van der Waals surface area contributed by atoms with Crippen LogP contribution in [0, 0.1) is 11.8 Å². The van der Waals surface area contributed by atoms with Gasteiger partial charge in [-0.15, -0.1) is 0 Å². The molecule has 0 radical (unpaired) electrons. The highest BCUT2D eigenvalue weighted by atomic mass is 16.3. The van der Waals surface area contributed by atoms with Gasteiger partial charge in [0.05, 0.1) is 12.1 Å². The van der Waals surface area contributed by atoms with Gasteiger partial charge >= 0.3 is 0 Å². The molecule has 0 spiro atoms. The number of benzene rings is 2. The van der Waals surface area contributed by atoms with Crippen molar-refractivity contribution >= 4 is 12.4 Å². The first kappa shape index (κ1) is 34.7. The van der Waals surface area contributed by atoms with Gasteiger partial charge in [0.2, 0.25) is 0 Å². The summed E-state index contributed by atoms with van der Waals surface area (Å²) in [6, 6.07) is 8.92. The first-order valence-corrected chi connectivity index (χ1v) is 18.7. The van der Waals surface area contributed by atoms with E-state index < -0.39 is 0 Å². The van der Waals surface area contributed by atoms with Crippen LogP contribution in [0.15, 0.2) is 34.3 Å². The highest BCUT2D eigenvalue weighted by Crippen LogP contribution is 2.37. The van der Waals surface area contributed by atoms with E-state index in [0.717, 1.165) is 60.8 Å². The number of hydrogen-bond donors (Lipinski definition) is 2. The van der Waals surface area contributed by atoms with E-state index in [1.165, 1.54) is 75.3 Å². The molecule has 4 nitrogen and oxygen atoms in total. The van der Waals surface area contributed by atoms with E-state index in [-0.39, 0.29) is 22.9 Å². The van der Waals surface area contributed by atoms with Crippen LogP contribution in [0.25, 0.3) is 0 Å². The minimum absolute atomic E-state index is 0.00525. The van der Waals surface area contributed by atoms with Crippen LogP contribution in [-0.2, 0) is 23.7 Å². The second-order valence-electron chi connectivity index (χ2n) is 17.0. The van der Waals surface area contributed by atoms with Crippen LogP contribution >= 0.6 is 0 Å². The molecule has 4 heteroatoms. The predicted molar refractivity (Wildman–Crippen MR) is 195 cm³/mol. The number of hydrogen-bond acceptors (Lipinski definition) is 4. The van der Waals surface area contributed by atoms with Crippen molar-refractivity contribution < 1.29 is 10.2 Å². The van der Waals surface area contributed by atoms with Gasteiger partial charge in [-0.3, -0.25) is 9.98 Å². The number of aromatic hydroxyl groups is 2. The van der Waals surface area contributed by atoms with Gasteiger partial charge in [0.15, 0.2) is 0 Å². The zero-order valence-corrected chi connectivity index (χ0v) is 29.9. The summed E-state index contributed by atoms with van der Waals surface area (Å²) in [5, 5.41) is 22.9. The molecule has 0 amide bonds. The number of phenolic OH excluding ortho intramolecular Hbond substituents is 2. The Hall–Kier alpha value is -2.62. The minimum Gasteiger partial charge on any atom is -0.507 e. The summed E-state index contributed by atoms with van der Waals surface area (Å²) < 4.78 is 0. The Morgan fingerprint density at radius 2 is 0.891 bits per heavy atom. The van der Waals surface area contributed by atoms with E-state index in [9.17, 15) is 10.2 Å². The van der Waals surface area contributed by atoms with E-state index in [4.69, 9.17) is 9.98 Å². The average molecular weight is 627 g/mol. The Morgan fingerprint density at radius 3 is 1.24 bits per heavy atom. The molecule has 0 heterocycles. The maximum Gasteiger partial charge on any atom is 0.127 e. The monoisotopic (exact) mass is 626 g/mol. The molecule has 46 heavy (non-hydrogen) atoms. The van der Waals surface area contributed by atoms with Gasteiger partial charge in [0.1, 0.15) is 11.5 Å². The van der Waals surface area contributed by atoms with Crippen molar-refractivity contribution in [3.63, 3.8) is 0 Å². The molecule has 5 rings (SSSR count). The smallest absolute Gasteiger partial charge is 0.127 e. The first-order valence-electron chi connectivity index (χ1n) is 18.7. The normalized spacial score (nSPS) is 22.7. The van der Waals surface area contributed by atoms with Gasteiger partial charge in [0, 0.05) is 23.6 Å². The molecular weight excluding hydrogens is 564 g/mol. The van der Waals surface area contributed by atoms with Crippen molar-refractivity contribution in [2.24, 2.45) is 21.8 Å². The minimum atomic E-state index is -0.00525. The summed E-state index contributed by atoms with van der Waals surface area (Å²) in [7, 11) is 0. The lowest BCUT2D eigenvalue weighted by Gasteiger charge is -2.27. The standard InChI is InChI=1S/C42H62N2O2/c1-41(2,3)35-23-31(21-29-15-9-7-10-16-29)39(45)33(25-35)27-43-37-19-13-14-20-38(37)44-28-34-26-36(42(4,5)6)24-32(40(34)46)22-30-17-11-8-12-18-30/h23-30,37-38,45-46H,7-22H2,1-6H3/t37-,38-/m1/s1. The molecule has 3 fully saturated rings. The molecule has 2 N–H and O–H groups in total. The van der Waals surface area contributed by atoms with E-state index in [1.807, 2.05) is 12.4 Å². The summed E-state index contributed by atoms with van der Waals surface area (Å²) in [6.07, 6.45) is 23.0. The second kappa shape index (κ2) is 15.1. The Morgan fingerprint density at radius 1 is 0.543 bits per heavy atom. The molecule has 3 aliphatic rings. The first-order chi connectivity index (χ1) is 21.9. The van der Waals surface area contributed by atoms with Gasteiger partial charge in [-0.05, 0) is 82.7 Å². The molecule has 2 atom stereocenters. The fraction of sp³-hybridized carbons (Fsp3) is 0.667. The Kier molecular flexibility index (Phi) is 11.4. The van der Waals surface area contributed by atoms with Crippen LogP contribution < -0.4 is 0 Å². The lowest BCUT2D eigenvalue weighted by molar-refractivity contribution is 0.351. The number of rotatable bonds is 8. The molecular formula is C42H62N2O2. The van der Waals surface area contributed by atoms with E-state index in [1.54, 1.807) is 0 Å². The molecule has 0 saturated heterocycles. The highest BCUT2D eigenvalue weighted by molar-refractivity contribution is 5.86. The maximum atomic E-state index is 11.5. The van der Waals surface area contributed by atoms with Crippen molar-refractivity contribution in [1.82, 2.24) is 0 Å². The Bertz CT molecular complexity index is 1260. The summed E-state index contributed by atoms with van der Waals surface area (Å²) in [4.78, 5) is 10.3. The van der Waals surface area contributed by atoms with Crippen LogP contribution in [-0.4, -0.2) is 34.7 Å². The number of phenols is 2. The molecule has 0 aliphatic heterocycles. The largest absolute Gasteiger partial charge is 0.507 e. The Labute approximate surface area is 280 Å². The van der Waals surface area contributed by atoms with Crippen molar-refractivity contribution in [3.05, 3.63) is 57.6 Å². The molecule has 2 aromatic carbocycles. The molecule has 2 aromatic rings. The number of nitrogens with zero attached hydrogens (tertiary/aromatic N) is 2. The summed E-state index contributed by atoms with van der Waals surface area (Å²) in [5.74, 6) is 2.14. The third-order valence-corrected chi connectivity index (χ3v) is 11.1. The average Bonchev–Trinajstić information content (AvgIpc) is 3.02. The van der Waals surface area contributed by atoms with Gasteiger partial charge in [-0.25, -0.2) is 0 Å². The third kappa shape index (κ3) is 9.04. The maximum absolute atomic E-state index is 11.5. The topological polar surface area (TPSA) is 65.2 Å². The van der Waals surface area contributed by atoms with Crippen LogP contribution in [0.3, 0.4) is 0 Å². The fourth-order valence-corrected chi connectivity index (χ4v) is 8.01. The van der Waals surface area contributed by atoms with Crippen LogP contribution in [0.4, 0.5) is 0 Å². The molecule has 3 saturated carbocycles. The lowest BCUT2D eigenvalue weighted by atomic mass is 9.81. The third-order valence-electron chi connectivity index (χ3n) is 11.1. The van der Waals surface area contributed by atoms with Gasteiger partial charge in [-0.2, -0.15) is 0 Å². The molecule has 0 aromatic heterocycles. The Balaban J connectivity index is 1.39. The summed E-state index contributed by atoms with van der Waals surface area (Å²) in [5.41, 5.74) is 6.35. The van der Waals surface area contributed by atoms with Gasteiger partial charge in [-0.1, -0.05) is 131 Å². The SMILES string of the molecule is CC(C)(C)c1cc(C=N[C@@H]2CCCC[C@H]2N=Cc2cc(C(C)(C)C)cc(CC3CCCCC3)c2O)c(O)c(CC2CCCCC2)c1. The van der Waals surface area contributed by atoms with Crippen LogP contribution in [0.2, 0.25) is 0 Å². The highest BCUT2D eigenvalue weighted by Gasteiger charge is 2.26. The van der Waals surface area contributed by atoms with Crippen molar-refractivity contribution in [3.8, 4) is 11.5 Å². The predicted octanol–water partition coefficient (Wildman–Crippen LogP) is 10.8. The zero-order chi connectivity index (χ0) is 32.9. The zero-order valence-electron chi connectivity index (χ0n) is 29.9. The van der Waals surface area contributed by atoms with E-state index in [0.29, 0.717) is 23.3 Å². The van der Waals surface area contributed by atoms with Gasteiger partial charge in [0.25, 0.3) is 0 Å². The molecule has 0 bridgehead atoms. The van der Waals surface area contributed by atoms with E-state index >= 15 is 0 Å². The van der Waals surface area contributed by atoms with E-state index in [2.05, 4.69) is 65.8 Å². The van der Waals surface area contributed by atoms with Crippen molar-refractivity contribution in [2.45, 2.75) is 167 Å². The quantitative estimate of drug-likeness (QED) is 0.286. The molecule has 3 aliphatic carbocycles. The summed E-state index contributed by atoms with van der Waals surface area (Å²) in [6.45, 7) is 13.5. The van der Waals surface area contributed by atoms with Crippen LogP contribution in [0.5, 0.6) is 11.5 Å². The summed E-state index contributed by atoms with van der Waals surface area (Å²) >= 11 is 0. The molecule has 0 unspecified atom stereocenters. The van der Waals surface area contributed by atoms with Crippen LogP contribution in [0.1, 0.15) is 165 Å². The van der Waals surface area contributed by atoms with Gasteiger partial charge < -0.3 is 10.2 Å². The fourth-order valence-electron chi connectivity index (χ4n) is 8.01. The lowest BCUT2D eigenvalue weighted by Crippen LogP contribution is -2.27. The second-order valence-corrected chi connectivity index (χ2v) is 17.0. The van der Waals surface area contributed by atoms with Crippen molar-refractivity contribution in [1.29, 1.82) is 0 Å². The molecule has 252 valence electrons. The van der Waals surface area contributed by atoms with Crippen molar-refractivity contribution in [2.75, 3.05) is 0 Å². The number of aliphatic imine (C=N–C) groups is 2.